The van der Waals surface area contributed by atoms with Gasteiger partial charge in [0, 0.05) is 24.2 Å². The Morgan fingerprint density at radius 1 is 1.11 bits per heavy atom. The number of halogens is 2. The van der Waals surface area contributed by atoms with Crippen LogP contribution in [-0.4, -0.2) is 28.3 Å². The molecule has 2 aromatic heterocycles. The molecule has 0 spiro atoms. The fourth-order valence-electron chi connectivity index (χ4n) is 4.76. The standard InChI is InChI=1S/C27H29FN4O2.ClH/c1-5-12-31(14-19-6-8-20(28)9-7-19)27-23-15-34-16-24(23)29-26-25(18(3)30-32(26)27)22-11-10-21(33-4)13-17(22)2;/h6-11,13H,5,12,14-16H2,1-4H3;1H. The monoisotopic (exact) mass is 496 g/mol. The number of nitrogens with zero attached hydrogens (tertiary/aromatic N) is 4. The number of hydrogen-bond acceptors (Lipinski definition) is 5. The summed E-state index contributed by atoms with van der Waals surface area (Å²) in [5.41, 5.74) is 8.03. The first-order chi connectivity index (χ1) is 16.5. The van der Waals surface area contributed by atoms with Gasteiger partial charge >= 0.3 is 0 Å². The quantitative estimate of drug-likeness (QED) is 0.312. The first-order valence-corrected chi connectivity index (χ1v) is 11.6. The maximum atomic E-state index is 13.5. The molecule has 5 rings (SSSR count). The number of rotatable bonds is 7. The van der Waals surface area contributed by atoms with Crippen molar-refractivity contribution in [2.45, 2.75) is 47.0 Å². The minimum Gasteiger partial charge on any atom is -0.497 e. The molecule has 0 atom stereocenters. The summed E-state index contributed by atoms with van der Waals surface area (Å²) in [6.07, 6.45) is 0.964. The Morgan fingerprint density at radius 2 is 1.89 bits per heavy atom. The molecule has 0 fully saturated rings. The highest BCUT2D eigenvalue weighted by Gasteiger charge is 2.28. The normalized spacial score (nSPS) is 12.5. The zero-order valence-electron chi connectivity index (χ0n) is 20.5. The number of anilines is 1. The lowest BCUT2D eigenvalue weighted by Crippen LogP contribution is -2.27. The Labute approximate surface area is 211 Å². The highest BCUT2D eigenvalue weighted by atomic mass is 35.5. The summed E-state index contributed by atoms with van der Waals surface area (Å²) in [5, 5.41) is 4.98. The number of fused-ring (bicyclic) bond motifs is 2. The molecule has 0 radical (unpaired) electrons. The summed E-state index contributed by atoms with van der Waals surface area (Å²) < 4.78 is 26.7. The van der Waals surface area contributed by atoms with Crippen LogP contribution in [0.1, 0.15) is 41.4 Å². The van der Waals surface area contributed by atoms with Crippen molar-refractivity contribution in [1.82, 2.24) is 14.6 Å². The van der Waals surface area contributed by atoms with Gasteiger partial charge in [-0.1, -0.05) is 25.1 Å². The minimum absolute atomic E-state index is 0. The Bertz CT molecular complexity index is 1350. The van der Waals surface area contributed by atoms with E-state index in [4.69, 9.17) is 19.6 Å². The van der Waals surface area contributed by atoms with Crippen molar-refractivity contribution < 1.29 is 13.9 Å². The van der Waals surface area contributed by atoms with Gasteiger partial charge in [-0.3, -0.25) is 0 Å². The molecule has 0 aliphatic carbocycles. The van der Waals surface area contributed by atoms with E-state index in [1.54, 1.807) is 7.11 Å². The first-order valence-electron chi connectivity index (χ1n) is 11.6. The summed E-state index contributed by atoms with van der Waals surface area (Å²) >= 11 is 0. The van der Waals surface area contributed by atoms with Crippen LogP contribution in [0.3, 0.4) is 0 Å². The van der Waals surface area contributed by atoms with Crippen molar-refractivity contribution in [3.05, 3.63) is 76.4 Å². The predicted molar refractivity (Wildman–Crippen MR) is 138 cm³/mol. The number of aryl methyl sites for hydroxylation is 2. The van der Waals surface area contributed by atoms with Crippen LogP contribution in [0.5, 0.6) is 5.75 Å². The van der Waals surface area contributed by atoms with Gasteiger partial charge in [-0.05, 0) is 61.2 Å². The Balaban J connectivity index is 0.00000289. The van der Waals surface area contributed by atoms with Gasteiger partial charge in [0.15, 0.2) is 5.65 Å². The first kappa shape index (κ1) is 24.9. The molecule has 0 saturated heterocycles. The Morgan fingerprint density at radius 3 is 2.57 bits per heavy atom. The topological polar surface area (TPSA) is 51.9 Å². The lowest BCUT2D eigenvalue weighted by Gasteiger charge is -2.27. The number of benzene rings is 2. The molecule has 0 bridgehead atoms. The van der Waals surface area contributed by atoms with Crippen molar-refractivity contribution in [2.24, 2.45) is 0 Å². The van der Waals surface area contributed by atoms with Crippen molar-refractivity contribution >= 4 is 23.9 Å². The third kappa shape index (κ3) is 4.58. The zero-order chi connectivity index (χ0) is 23.8. The lowest BCUT2D eigenvalue weighted by atomic mass is 10.0. The van der Waals surface area contributed by atoms with Gasteiger partial charge in [0.05, 0.1) is 31.7 Å². The molecule has 1 aliphatic heterocycles. The average molecular weight is 497 g/mol. The smallest absolute Gasteiger partial charge is 0.165 e. The van der Waals surface area contributed by atoms with E-state index in [2.05, 4.69) is 24.8 Å². The molecule has 8 heteroatoms. The summed E-state index contributed by atoms with van der Waals surface area (Å²) in [4.78, 5) is 7.34. The van der Waals surface area contributed by atoms with Gasteiger partial charge in [-0.25, -0.2) is 9.37 Å². The predicted octanol–water partition coefficient (Wildman–Crippen LogP) is 6.03. The molecular formula is C27H30ClFN4O2. The fourth-order valence-corrected chi connectivity index (χ4v) is 4.76. The van der Waals surface area contributed by atoms with Gasteiger partial charge in [0.25, 0.3) is 0 Å². The number of aromatic nitrogens is 3. The number of methoxy groups -OCH3 is 1. The van der Waals surface area contributed by atoms with Crippen molar-refractivity contribution in [2.75, 3.05) is 18.6 Å². The number of ether oxygens (including phenoxy) is 2. The van der Waals surface area contributed by atoms with Crippen LogP contribution in [0.15, 0.2) is 42.5 Å². The van der Waals surface area contributed by atoms with E-state index in [0.29, 0.717) is 19.8 Å². The third-order valence-corrected chi connectivity index (χ3v) is 6.36. The van der Waals surface area contributed by atoms with E-state index in [1.807, 2.05) is 35.7 Å². The molecular weight excluding hydrogens is 467 g/mol. The average Bonchev–Trinajstić information content (AvgIpc) is 3.42. The maximum absolute atomic E-state index is 13.5. The zero-order valence-corrected chi connectivity index (χ0v) is 21.3. The second-order valence-corrected chi connectivity index (χ2v) is 8.78. The molecule has 0 unspecified atom stereocenters. The van der Waals surface area contributed by atoms with Crippen LogP contribution in [0.4, 0.5) is 10.2 Å². The summed E-state index contributed by atoms with van der Waals surface area (Å²) in [6, 6.07) is 12.8. The summed E-state index contributed by atoms with van der Waals surface area (Å²) in [6.45, 7) is 8.74. The molecule has 6 nitrogen and oxygen atoms in total. The van der Waals surface area contributed by atoms with Crippen LogP contribution in [0.25, 0.3) is 16.8 Å². The molecule has 1 aliphatic rings. The SMILES string of the molecule is CCCN(Cc1ccc(F)cc1)c1c2c(nc3c(-c4ccc(OC)cc4C)c(C)nn13)COC2.Cl. The van der Waals surface area contributed by atoms with Gasteiger partial charge in [-0.15, -0.1) is 12.4 Å². The molecule has 2 aromatic carbocycles. The molecule has 3 heterocycles. The van der Waals surface area contributed by atoms with Crippen LogP contribution in [-0.2, 0) is 24.5 Å². The molecule has 4 aromatic rings. The van der Waals surface area contributed by atoms with Gasteiger partial charge in [0.2, 0.25) is 0 Å². The highest BCUT2D eigenvalue weighted by Crippen LogP contribution is 2.37. The van der Waals surface area contributed by atoms with Crippen LogP contribution < -0.4 is 9.64 Å². The van der Waals surface area contributed by atoms with E-state index < -0.39 is 0 Å². The van der Waals surface area contributed by atoms with E-state index in [9.17, 15) is 4.39 Å². The summed E-state index contributed by atoms with van der Waals surface area (Å²) in [7, 11) is 1.68. The Hall–Kier alpha value is -3.16. The van der Waals surface area contributed by atoms with Crippen molar-refractivity contribution in [1.29, 1.82) is 0 Å². The van der Waals surface area contributed by atoms with Gasteiger partial charge in [-0.2, -0.15) is 9.61 Å². The Kier molecular flexibility index (Phi) is 7.28. The van der Waals surface area contributed by atoms with E-state index in [-0.39, 0.29) is 18.2 Å². The molecule has 0 amide bonds. The van der Waals surface area contributed by atoms with Crippen molar-refractivity contribution in [3.8, 4) is 16.9 Å². The fraction of sp³-hybridized carbons (Fsp3) is 0.333. The van der Waals surface area contributed by atoms with Gasteiger partial charge < -0.3 is 14.4 Å². The maximum Gasteiger partial charge on any atom is 0.165 e. The number of hydrogen-bond donors (Lipinski definition) is 0. The van der Waals surface area contributed by atoms with E-state index in [0.717, 1.165) is 69.4 Å². The minimum atomic E-state index is -0.228. The largest absolute Gasteiger partial charge is 0.497 e. The van der Waals surface area contributed by atoms with Crippen LogP contribution in [0, 0.1) is 19.7 Å². The second-order valence-electron chi connectivity index (χ2n) is 8.78. The van der Waals surface area contributed by atoms with Crippen molar-refractivity contribution in [3.63, 3.8) is 0 Å². The highest BCUT2D eigenvalue weighted by molar-refractivity contribution is 5.85. The molecule has 35 heavy (non-hydrogen) atoms. The molecule has 0 saturated carbocycles. The third-order valence-electron chi connectivity index (χ3n) is 6.36. The van der Waals surface area contributed by atoms with E-state index in [1.165, 1.54) is 12.1 Å². The van der Waals surface area contributed by atoms with Gasteiger partial charge in [0.1, 0.15) is 17.4 Å². The second kappa shape index (κ2) is 10.2. The van der Waals surface area contributed by atoms with Crippen LogP contribution in [0.2, 0.25) is 0 Å². The molecule has 184 valence electrons. The molecule has 0 N–H and O–H groups in total. The van der Waals surface area contributed by atoms with Crippen LogP contribution >= 0.6 is 12.4 Å². The summed E-state index contributed by atoms with van der Waals surface area (Å²) in [5.74, 6) is 1.60. The lowest BCUT2D eigenvalue weighted by molar-refractivity contribution is 0.133. The van der Waals surface area contributed by atoms with E-state index >= 15 is 0 Å².